The van der Waals surface area contributed by atoms with Crippen molar-refractivity contribution in [3.63, 3.8) is 0 Å². The summed E-state index contributed by atoms with van der Waals surface area (Å²) in [7, 11) is 0. The summed E-state index contributed by atoms with van der Waals surface area (Å²) < 4.78 is 37.5. The van der Waals surface area contributed by atoms with Crippen LogP contribution in [0.15, 0.2) is 195 Å². The largest absolute Gasteiger partial charge is 0.491 e. The number of aryl methyl sites for hydroxylation is 2. The zero-order valence-electron chi connectivity index (χ0n) is 69.9. The van der Waals surface area contributed by atoms with Gasteiger partial charge in [-0.2, -0.15) is 0 Å². The van der Waals surface area contributed by atoms with Crippen molar-refractivity contribution in [2.75, 3.05) is 52.4 Å². The number of aliphatic carboxylic acids is 1. The first-order valence-electron chi connectivity index (χ1n) is 40.5. The SMILES string of the molecule is CC(C)Oc1ccc(-c2cnc(-c3ccc(CN4CC(C(=O)O)C4)c(F)c3)s2)cc1.CC(C)Oc1ccc(-c2cnc(-c3ccc(CN4CCC4)c(Cl)c3)s2)cc1.CCc1cc(-c2ncc(-c3ccc(OC(C)C)cc3)s2)ccc1CN1CCC1.Cc1cc(CN2CCC2)ccc1-c1ncc(-c2ccc(OC(C)C)cc2)s1.O=CO.O=CO.O=CO. The lowest BCUT2D eigenvalue weighted by atomic mass is 9.99. The fraction of sp³-hybridized carbons (Fsp3) is 0.326. The molecule has 12 aromatic rings. The molecule has 8 aromatic carbocycles. The van der Waals surface area contributed by atoms with Crippen molar-refractivity contribution in [3.8, 4) is 107 Å². The number of aromatic nitrogens is 4. The molecule has 0 amide bonds. The highest BCUT2D eigenvalue weighted by Crippen LogP contribution is 2.40. The van der Waals surface area contributed by atoms with E-state index in [0.29, 0.717) is 25.2 Å². The van der Waals surface area contributed by atoms with Crippen molar-refractivity contribution in [2.45, 2.75) is 146 Å². The molecule has 20 nitrogen and oxygen atoms in total. The molecule has 4 aromatic heterocycles. The molecule has 8 heterocycles. The third kappa shape index (κ3) is 27.7. The maximum Gasteiger partial charge on any atom is 0.309 e. The highest BCUT2D eigenvalue weighted by atomic mass is 35.5. The number of thiazole rings is 4. The van der Waals surface area contributed by atoms with Gasteiger partial charge in [0.15, 0.2) is 0 Å². The maximum atomic E-state index is 14.6. The van der Waals surface area contributed by atoms with Gasteiger partial charge in [-0.3, -0.25) is 38.8 Å². The van der Waals surface area contributed by atoms with Crippen molar-refractivity contribution >= 4 is 82.3 Å². The molecule has 0 saturated carbocycles. The number of carboxylic acids is 1. The molecule has 4 aliphatic rings. The molecule has 4 aliphatic heterocycles. The molecule has 121 heavy (non-hydrogen) atoms. The zero-order chi connectivity index (χ0) is 86.5. The molecule has 636 valence electrons. The first kappa shape index (κ1) is 92.7. The predicted octanol–water partition coefficient (Wildman–Crippen LogP) is 22.0. The number of nitrogens with zero attached hydrogens (tertiary/aromatic N) is 8. The number of ether oxygens (including phenoxy) is 4. The lowest BCUT2D eigenvalue weighted by molar-refractivity contribution is -0.147. The van der Waals surface area contributed by atoms with E-state index in [-0.39, 0.29) is 55.6 Å². The van der Waals surface area contributed by atoms with E-state index in [4.69, 9.17) is 70.3 Å². The van der Waals surface area contributed by atoms with Crippen LogP contribution in [-0.4, -0.2) is 162 Å². The summed E-state index contributed by atoms with van der Waals surface area (Å²) in [6, 6.07) is 57.7. The van der Waals surface area contributed by atoms with Crippen LogP contribution in [0.5, 0.6) is 23.0 Å². The van der Waals surface area contributed by atoms with Gasteiger partial charge in [-0.15, -0.1) is 45.3 Å². The lowest BCUT2D eigenvalue weighted by Crippen LogP contribution is -2.49. The first-order valence-corrected chi connectivity index (χ1v) is 44.1. The van der Waals surface area contributed by atoms with Crippen molar-refractivity contribution in [2.24, 2.45) is 5.92 Å². The Bertz CT molecular complexity index is 5240. The van der Waals surface area contributed by atoms with E-state index in [1.54, 1.807) is 46.3 Å². The minimum Gasteiger partial charge on any atom is -0.491 e. The molecular weight excluding hydrogens is 1630 g/mol. The number of hydrogen-bond donors (Lipinski definition) is 4. The van der Waals surface area contributed by atoms with Crippen LogP contribution in [0.3, 0.4) is 0 Å². The molecule has 0 unspecified atom stereocenters. The Hall–Kier alpha value is -10.6. The predicted molar refractivity (Wildman–Crippen MR) is 486 cm³/mol. The summed E-state index contributed by atoms with van der Waals surface area (Å²) >= 11 is 13.2. The Morgan fingerprint density at radius 2 is 0.752 bits per heavy atom. The number of rotatable bonds is 26. The normalized spacial score (nSPS) is 13.7. The molecule has 0 radical (unpaired) electrons. The summed E-state index contributed by atoms with van der Waals surface area (Å²) in [5.74, 6) is 2.12. The molecule has 0 spiro atoms. The Morgan fingerprint density at radius 3 is 1.09 bits per heavy atom. The molecule has 0 bridgehead atoms. The zero-order valence-corrected chi connectivity index (χ0v) is 74.0. The average Bonchev–Trinajstić information content (AvgIpc) is 1.45. The molecule has 4 fully saturated rings. The number of benzene rings is 8. The summed E-state index contributed by atoms with van der Waals surface area (Å²) in [4.78, 5) is 68.3. The summed E-state index contributed by atoms with van der Waals surface area (Å²) in [6.07, 6.45) is 13.4. The molecular formula is C95H106ClFN8O12S4. The second-order valence-electron chi connectivity index (χ2n) is 30.4. The van der Waals surface area contributed by atoms with Crippen molar-refractivity contribution in [1.29, 1.82) is 0 Å². The van der Waals surface area contributed by atoms with E-state index in [1.165, 1.54) is 136 Å². The Labute approximate surface area is 729 Å². The summed E-state index contributed by atoms with van der Waals surface area (Å²) in [5, 5.41) is 34.4. The van der Waals surface area contributed by atoms with Crippen LogP contribution < -0.4 is 18.9 Å². The van der Waals surface area contributed by atoms with Crippen LogP contribution in [0.4, 0.5) is 4.39 Å². The number of likely N-dealkylation sites (tertiary alicyclic amines) is 4. The van der Waals surface area contributed by atoms with Gasteiger partial charge in [0.1, 0.15) is 48.8 Å². The van der Waals surface area contributed by atoms with Crippen LogP contribution in [0.2, 0.25) is 5.02 Å². The Morgan fingerprint density at radius 1 is 0.430 bits per heavy atom. The lowest BCUT2D eigenvalue weighted by Gasteiger charge is -2.36. The van der Waals surface area contributed by atoms with Crippen molar-refractivity contribution in [3.05, 3.63) is 239 Å². The quantitative estimate of drug-likeness (QED) is 0.0368. The van der Waals surface area contributed by atoms with Crippen molar-refractivity contribution in [1.82, 2.24) is 39.5 Å². The van der Waals surface area contributed by atoms with Gasteiger partial charge in [-0.05, 0) is 293 Å². The van der Waals surface area contributed by atoms with Crippen LogP contribution in [0.25, 0.3) is 84.0 Å². The molecule has 4 saturated heterocycles. The number of halogens is 2. The Balaban J connectivity index is 0.000000164. The van der Waals surface area contributed by atoms with E-state index in [0.717, 1.165) is 106 Å². The second kappa shape index (κ2) is 46.4. The van der Waals surface area contributed by atoms with E-state index in [1.807, 2.05) is 152 Å². The number of carbonyl (C=O) groups is 4. The van der Waals surface area contributed by atoms with E-state index in [2.05, 4.69) is 128 Å². The minimum atomic E-state index is -0.788. The number of hydrogen-bond acceptors (Lipinski definition) is 20. The monoisotopic (exact) mass is 1730 g/mol. The molecule has 4 N–H and O–H groups in total. The second-order valence-corrected chi connectivity index (χ2v) is 34.9. The van der Waals surface area contributed by atoms with Crippen molar-refractivity contribution < 1.29 is 62.9 Å². The highest BCUT2D eigenvalue weighted by Gasteiger charge is 2.33. The summed E-state index contributed by atoms with van der Waals surface area (Å²) in [6.45, 7) is 31.6. The number of carboxylic acid groups (broad SMARTS) is 4. The van der Waals surface area contributed by atoms with Gasteiger partial charge in [-0.25, -0.2) is 24.3 Å². The standard InChI is InChI=1S/C24H28N2OS.C23H23FN2O3S.C23H26N2OS.C22H23ClN2OS.3CH2O2/c1-4-18-14-20(6-7-21(18)16-26-12-5-13-26)24-25-15-23(28-24)19-8-10-22(11-9-19)27-17(2)3;1-14(2)29-19-7-5-15(6-8-19)21-10-25-22(30-21)16-3-4-17(20(24)9-16)11-26-12-18(13-26)23(27)28;1-16(2)26-20-8-6-19(7-9-20)22-14-24-23(27-22)21-10-5-18(13-17(21)3)15-25-11-4-12-25;1-15(2)26-19-8-6-16(7-9-19)21-13-24-22(27-21)17-4-5-18(20(23)12-17)14-25-10-3-11-25;3*2-1-3/h6-11,14-15,17H,4-5,12-13,16H2,1-3H3;3-10,14,18H,11-13H2,1-2H3,(H,27,28);5-10,13-14,16H,4,11-12,15H2,1-3H3;4-9,12-13,15H,3,10-11,14H2,1-2H3;3*1H,(H,2,3). The summed E-state index contributed by atoms with van der Waals surface area (Å²) in [5.41, 5.74) is 16.2. The van der Waals surface area contributed by atoms with Crippen LogP contribution in [0.1, 0.15) is 115 Å². The van der Waals surface area contributed by atoms with Crippen LogP contribution in [0, 0.1) is 18.7 Å². The third-order valence-corrected chi connectivity index (χ3v) is 24.5. The first-order chi connectivity index (χ1) is 58.4. The average molecular weight is 1730 g/mol. The van der Waals surface area contributed by atoms with Gasteiger partial charge >= 0.3 is 5.97 Å². The molecule has 26 heteroatoms. The molecule has 0 aliphatic carbocycles. The van der Waals surface area contributed by atoms with E-state index < -0.39 is 5.97 Å². The topological polar surface area (TPSA) is 251 Å². The van der Waals surface area contributed by atoms with Crippen LogP contribution >= 0.6 is 56.9 Å². The maximum absolute atomic E-state index is 14.6. The van der Waals surface area contributed by atoms with Gasteiger partial charge in [0, 0.05) is 96.9 Å². The Kier molecular flexibility index (Phi) is 35.6. The molecule has 16 rings (SSSR count). The van der Waals surface area contributed by atoms with E-state index in [9.17, 15) is 9.18 Å². The van der Waals surface area contributed by atoms with Gasteiger partial charge in [0.25, 0.3) is 19.4 Å². The van der Waals surface area contributed by atoms with E-state index >= 15 is 0 Å². The van der Waals surface area contributed by atoms with Gasteiger partial charge in [-0.1, -0.05) is 73.1 Å². The smallest absolute Gasteiger partial charge is 0.309 e. The fourth-order valence-corrected chi connectivity index (χ4v) is 17.4. The van der Waals surface area contributed by atoms with Gasteiger partial charge < -0.3 is 39.4 Å². The van der Waals surface area contributed by atoms with Crippen LogP contribution in [-0.2, 0) is 51.8 Å². The third-order valence-electron chi connectivity index (χ3n) is 19.8. The highest BCUT2D eigenvalue weighted by molar-refractivity contribution is 7.19. The van der Waals surface area contributed by atoms with Gasteiger partial charge in [0.05, 0.1) is 49.8 Å². The fourth-order valence-electron chi connectivity index (χ4n) is 13.4. The van der Waals surface area contributed by atoms with Gasteiger partial charge in [0.2, 0.25) is 0 Å². The minimum absolute atomic E-state index is 0.128. The molecule has 0 atom stereocenters.